The Hall–Kier alpha value is -2.95. The van der Waals surface area contributed by atoms with Gasteiger partial charge in [0.1, 0.15) is 29.4 Å². The highest BCUT2D eigenvalue weighted by molar-refractivity contribution is 5.83. The predicted octanol–water partition coefficient (Wildman–Crippen LogP) is 4.18. The van der Waals surface area contributed by atoms with Gasteiger partial charge in [-0.15, -0.1) is 0 Å². The highest BCUT2D eigenvalue weighted by Gasteiger charge is 2.28. The van der Waals surface area contributed by atoms with Gasteiger partial charge in [0, 0.05) is 10.9 Å². The molecule has 0 aliphatic carbocycles. The molecule has 2 unspecified atom stereocenters. The van der Waals surface area contributed by atoms with Gasteiger partial charge in [-0.1, -0.05) is 18.2 Å². The van der Waals surface area contributed by atoms with Gasteiger partial charge < -0.3 is 19.2 Å². The van der Waals surface area contributed by atoms with Crippen LogP contribution in [0.5, 0.6) is 11.5 Å². The number of methoxy groups -OCH3 is 1. The van der Waals surface area contributed by atoms with Crippen molar-refractivity contribution in [3.63, 3.8) is 0 Å². The number of furan rings is 1. The number of amides is 1. The van der Waals surface area contributed by atoms with E-state index in [-0.39, 0.29) is 17.9 Å². The minimum absolute atomic E-state index is 0.0316. The van der Waals surface area contributed by atoms with Gasteiger partial charge in [0.05, 0.1) is 19.1 Å². The van der Waals surface area contributed by atoms with E-state index in [9.17, 15) is 4.79 Å². The summed E-state index contributed by atoms with van der Waals surface area (Å²) in [4.78, 5) is 12.8. The van der Waals surface area contributed by atoms with E-state index in [2.05, 4.69) is 5.32 Å². The lowest BCUT2D eigenvalue weighted by atomic mass is 9.95. The summed E-state index contributed by atoms with van der Waals surface area (Å²) in [6.07, 6.45) is 0.629. The molecule has 140 valence electrons. The lowest BCUT2D eigenvalue weighted by Gasteiger charge is -2.26. The van der Waals surface area contributed by atoms with Gasteiger partial charge in [-0.2, -0.15) is 0 Å². The third kappa shape index (κ3) is 3.25. The Balaban J connectivity index is 1.49. The average Bonchev–Trinajstić information content (AvgIpc) is 3.04. The first-order chi connectivity index (χ1) is 13.1. The monoisotopic (exact) mass is 365 g/mol. The van der Waals surface area contributed by atoms with Crippen LogP contribution in [0.25, 0.3) is 11.0 Å². The largest absolute Gasteiger partial charge is 0.497 e. The molecule has 0 bridgehead atoms. The zero-order valence-corrected chi connectivity index (χ0v) is 15.7. The number of aryl methyl sites for hydroxylation is 1. The highest BCUT2D eigenvalue weighted by atomic mass is 16.5. The summed E-state index contributed by atoms with van der Waals surface area (Å²) in [5, 5.41) is 4.16. The van der Waals surface area contributed by atoms with E-state index < -0.39 is 0 Å². The number of fused-ring (bicyclic) bond motifs is 2. The lowest BCUT2D eigenvalue weighted by molar-refractivity contribution is -0.127. The minimum atomic E-state index is -0.239. The first kappa shape index (κ1) is 17.5. The topological polar surface area (TPSA) is 60.7 Å². The number of rotatable bonds is 4. The first-order valence-corrected chi connectivity index (χ1v) is 9.15. The van der Waals surface area contributed by atoms with E-state index in [4.69, 9.17) is 13.9 Å². The predicted molar refractivity (Wildman–Crippen MR) is 103 cm³/mol. The van der Waals surface area contributed by atoms with Crippen LogP contribution in [0.4, 0.5) is 0 Å². The van der Waals surface area contributed by atoms with Crippen molar-refractivity contribution >= 4 is 16.9 Å². The number of carbonyl (C=O) groups excluding carboxylic acids is 1. The Morgan fingerprint density at radius 3 is 2.85 bits per heavy atom. The maximum atomic E-state index is 12.8. The van der Waals surface area contributed by atoms with Crippen LogP contribution in [0.15, 0.2) is 46.9 Å². The van der Waals surface area contributed by atoms with E-state index in [1.807, 2.05) is 56.3 Å². The standard InChI is InChI=1S/C22H23NO4/c1-13-18-6-4-5-7-20(18)27-21(13)14(2)23-22(24)16-10-15-11-17(25-3)8-9-19(15)26-12-16/h4-9,11,14,16H,10,12H2,1-3H3,(H,23,24). The van der Waals surface area contributed by atoms with Gasteiger partial charge in [-0.25, -0.2) is 0 Å². The van der Waals surface area contributed by atoms with Crippen LogP contribution in [-0.2, 0) is 11.2 Å². The third-order valence-electron chi connectivity index (χ3n) is 5.18. The maximum Gasteiger partial charge on any atom is 0.227 e. The van der Waals surface area contributed by atoms with Crippen molar-refractivity contribution < 1.29 is 18.7 Å². The molecule has 1 aliphatic heterocycles. The summed E-state index contributed by atoms with van der Waals surface area (Å²) >= 11 is 0. The summed E-state index contributed by atoms with van der Waals surface area (Å²) in [6, 6.07) is 13.4. The molecule has 2 aromatic carbocycles. The zero-order chi connectivity index (χ0) is 19.0. The maximum absolute atomic E-state index is 12.8. The summed E-state index contributed by atoms with van der Waals surface area (Å²) < 4.78 is 17.0. The zero-order valence-electron chi connectivity index (χ0n) is 15.7. The minimum Gasteiger partial charge on any atom is -0.497 e. The number of para-hydroxylation sites is 1. The molecule has 1 aliphatic rings. The molecule has 4 rings (SSSR count). The summed E-state index contributed by atoms with van der Waals surface area (Å²) in [5.41, 5.74) is 2.90. The molecule has 3 aromatic rings. The number of nitrogens with one attached hydrogen (secondary N) is 1. The molecule has 0 radical (unpaired) electrons. The fourth-order valence-corrected chi connectivity index (χ4v) is 3.67. The quantitative estimate of drug-likeness (QED) is 0.753. The lowest BCUT2D eigenvalue weighted by Crippen LogP contribution is -2.38. The molecule has 0 spiro atoms. The molecule has 0 fully saturated rings. The van der Waals surface area contributed by atoms with Crippen LogP contribution in [0.3, 0.4) is 0 Å². The number of ether oxygens (including phenoxy) is 2. The van der Waals surface area contributed by atoms with E-state index in [1.54, 1.807) is 7.11 Å². The number of hydrogen-bond donors (Lipinski definition) is 1. The summed E-state index contributed by atoms with van der Waals surface area (Å²) in [5.74, 6) is 2.11. The Labute approximate surface area is 158 Å². The molecule has 1 aromatic heterocycles. The van der Waals surface area contributed by atoms with Crippen molar-refractivity contribution in [2.75, 3.05) is 13.7 Å². The van der Waals surface area contributed by atoms with Gasteiger partial charge in [0.2, 0.25) is 5.91 Å². The molecular formula is C22H23NO4. The SMILES string of the molecule is COc1ccc2c(c1)CC(C(=O)NC(C)c1oc3ccccc3c1C)CO2. The molecular weight excluding hydrogens is 342 g/mol. The Morgan fingerprint density at radius 1 is 1.26 bits per heavy atom. The van der Waals surface area contributed by atoms with Crippen molar-refractivity contribution in [1.29, 1.82) is 0 Å². The van der Waals surface area contributed by atoms with Crippen LogP contribution in [0, 0.1) is 12.8 Å². The Bertz CT molecular complexity index is 991. The van der Waals surface area contributed by atoms with Crippen molar-refractivity contribution in [2.45, 2.75) is 26.3 Å². The van der Waals surface area contributed by atoms with Crippen molar-refractivity contribution in [3.05, 3.63) is 59.4 Å². The summed E-state index contributed by atoms with van der Waals surface area (Å²) in [6.45, 7) is 4.34. The fourth-order valence-electron chi connectivity index (χ4n) is 3.67. The molecule has 1 amide bonds. The van der Waals surface area contributed by atoms with Crippen LogP contribution < -0.4 is 14.8 Å². The number of hydrogen-bond acceptors (Lipinski definition) is 4. The average molecular weight is 365 g/mol. The Morgan fingerprint density at radius 2 is 2.07 bits per heavy atom. The van der Waals surface area contributed by atoms with E-state index in [1.165, 1.54) is 0 Å². The summed E-state index contributed by atoms with van der Waals surface area (Å²) in [7, 11) is 1.63. The van der Waals surface area contributed by atoms with Gasteiger partial charge in [-0.05, 0) is 50.1 Å². The van der Waals surface area contributed by atoms with E-state index >= 15 is 0 Å². The van der Waals surface area contributed by atoms with Crippen molar-refractivity contribution in [1.82, 2.24) is 5.32 Å². The molecule has 2 atom stereocenters. The van der Waals surface area contributed by atoms with Crippen LogP contribution in [0.2, 0.25) is 0 Å². The first-order valence-electron chi connectivity index (χ1n) is 9.15. The molecule has 5 heteroatoms. The second-order valence-electron chi connectivity index (χ2n) is 7.00. The third-order valence-corrected chi connectivity index (χ3v) is 5.18. The van der Waals surface area contributed by atoms with Crippen LogP contribution >= 0.6 is 0 Å². The molecule has 2 heterocycles. The van der Waals surface area contributed by atoms with E-state index in [0.29, 0.717) is 13.0 Å². The van der Waals surface area contributed by atoms with Crippen LogP contribution in [0.1, 0.15) is 29.9 Å². The van der Waals surface area contributed by atoms with Gasteiger partial charge in [0.25, 0.3) is 0 Å². The number of carbonyl (C=O) groups is 1. The van der Waals surface area contributed by atoms with E-state index in [0.717, 1.165) is 39.4 Å². The molecule has 5 nitrogen and oxygen atoms in total. The van der Waals surface area contributed by atoms with Crippen molar-refractivity contribution in [3.8, 4) is 11.5 Å². The normalized spacial score (nSPS) is 17.1. The highest BCUT2D eigenvalue weighted by Crippen LogP contribution is 2.32. The molecule has 1 N–H and O–H groups in total. The second kappa shape index (κ2) is 6.99. The molecule has 27 heavy (non-hydrogen) atoms. The van der Waals surface area contributed by atoms with Gasteiger partial charge >= 0.3 is 0 Å². The Kier molecular flexibility index (Phi) is 4.52. The van der Waals surface area contributed by atoms with Crippen LogP contribution in [-0.4, -0.2) is 19.6 Å². The molecule has 0 saturated heterocycles. The number of benzene rings is 2. The smallest absolute Gasteiger partial charge is 0.227 e. The van der Waals surface area contributed by atoms with Gasteiger partial charge in [-0.3, -0.25) is 4.79 Å². The molecule has 0 saturated carbocycles. The van der Waals surface area contributed by atoms with Crippen molar-refractivity contribution in [2.24, 2.45) is 5.92 Å². The fraction of sp³-hybridized carbons (Fsp3) is 0.318. The second-order valence-corrected chi connectivity index (χ2v) is 7.00. The van der Waals surface area contributed by atoms with Gasteiger partial charge in [0.15, 0.2) is 0 Å².